The van der Waals surface area contributed by atoms with Crippen LogP contribution in [-0.4, -0.2) is 12.5 Å². The Hall–Kier alpha value is -2.29. The van der Waals surface area contributed by atoms with Crippen LogP contribution >= 0.6 is 0 Å². The van der Waals surface area contributed by atoms with Crippen molar-refractivity contribution in [3.05, 3.63) is 59.2 Å². The second-order valence-electron chi connectivity index (χ2n) is 6.27. The van der Waals surface area contributed by atoms with Gasteiger partial charge in [0.05, 0.1) is 0 Å². The van der Waals surface area contributed by atoms with Gasteiger partial charge in [-0.25, -0.2) is 0 Å². The molecule has 3 heteroatoms. The molecule has 23 heavy (non-hydrogen) atoms. The van der Waals surface area contributed by atoms with Crippen LogP contribution in [0.5, 0.6) is 0 Å². The number of carbonyl (C=O) groups excluding carboxylic acids is 1. The third-order valence-electron chi connectivity index (χ3n) is 4.04. The molecule has 2 aromatic rings. The van der Waals surface area contributed by atoms with E-state index in [9.17, 15) is 4.79 Å². The van der Waals surface area contributed by atoms with Gasteiger partial charge in [-0.15, -0.1) is 0 Å². The van der Waals surface area contributed by atoms with Crippen LogP contribution in [0.25, 0.3) is 0 Å². The van der Waals surface area contributed by atoms with E-state index >= 15 is 0 Å². The van der Waals surface area contributed by atoms with E-state index in [2.05, 4.69) is 56.5 Å². The number of hydrogen-bond donors (Lipinski definition) is 2. The van der Waals surface area contributed by atoms with Crippen molar-refractivity contribution in [2.45, 2.75) is 40.0 Å². The molecule has 0 aliphatic heterocycles. The first-order chi connectivity index (χ1) is 11.0. The Morgan fingerprint density at radius 1 is 1.04 bits per heavy atom. The molecule has 0 saturated carbocycles. The lowest BCUT2D eigenvalue weighted by Crippen LogP contribution is -2.17. The SMILES string of the molecule is Cc1ccc(NCCC(=O)Nc2ccccc2C(C)C)cc1C. The van der Waals surface area contributed by atoms with Gasteiger partial charge in [-0.2, -0.15) is 0 Å². The van der Waals surface area contributed by atoms with Crippen molar-refractivity contribution in [2.75, 3.05) is 17.2 Å². The van der Waals surface area contributed by atoms with Crippen LogP contribution in [0.15, 0.2) is 42.5 Å². The van der Waals surface area contributed by atoms with E-state index < -0.39 is 0 Å². The molecule has 2 aromatic carbocycles. The molecule has 0 atom stereocenters. The number of hydrogen-bond acceptors (Lipinski definition) is 2. The Bertz CT molecular complexity index is 677. The molecule has 0 aliphatic carbocycles. The first-order valence-electron chi connectivity index (χ1n) is 8.17. The second kappa shape index (κ2) is 7.82. The smallest absolute Gasteiger partial charge is 0.226 e. The van der Waals surface area contributed by atoms with Gasteiger partial charge >= 0.3 is 0 Å². The van der Waals surface area contributed by atoms with Crippen LogP contribution in [0.1, 0.15) is 42.9 Å². The zero-order valence-corrected chi connectivity index (χ0v) is 14.4. The highest BCUT2D eigenvalue weighted by Crippen LogP contribution is 2.23. The molecule has 0 bridgehead atoms. The average Bonchev–Trinajstić information content (AvgIpc) is 2.51. The molecule has 0 saturated heterocycles. The summed E-state index contributed by atoms with van der Waals surface area (Å²) in [6.07, 6.45) is 0.444. The number of aryl methyl sites for hydroxylation is 2. The van der Waals surface area contributed by atoms with Crippen molar-refractivity contribution in [3.63, 3.8) is 0 Å². The lowest BCUT2D eigenvalue weighted by Gasteiger charge is -2.14. The van der Waals surface area contributed by atoms with Gasteiger partial charge in [0.1, 0.15) is 0 Å². The van der Waals surface area contributed by atoms with E-state index in [1.165, 1.54) is 16.7 Å². The summed E-state index contributed by atoms with van der Waals surface area (Å²) in [7, 11) is 0. The van der Waals surface area contributed by atoms with E-state index in [1.54, 1.807) is 0 Å². The zero-order chi connectivity index (χ0) is 16.8. The minimum Gasteiger partial charge on any atom is -0.385 e. The first-order valence-corrected chi connectivity index (χ1v) is 8.17. The lowest BCUT2D eigenvalue weighted by molar-refractivity contribution is -0.115. The van der Waals surface area contributed by atoms with Gasteiger partial charge in [0, 0.05) is 24.3 Å². The number of rotatable bonds is 6. The van der Waals surface area contributed by atoms with Crippen LogP contribution in [-0.2, 0) is 4.79 Å². The molecule has 0 radical (unpaired) electrons. The summed E-state index contributed by atoms with van der Waals surface area (Å²) in [5, 5.41) is 6.33. The fourth-order valence-corrected chi connectivity index (χ4v) is 2.50. The molecule has 2 N–H and O–H groups in total. The summed E-state index contributed by atoms with van der Waals surface area (Å²) in [4.78, 5) is 12.1. The normalized spacial score (nSPS) is 10.7. The number of amides is 1. The van der Waals surface area contributed by atoms with Gasteiger partial charge in [-0.3, -0.25) is 4.79 Å². The predicted molar refractivity (Wildman–Crippen MR) is 98.2 cm³/mol. The average molecular weight is 310 g/mol. The van der Waals surface area contributed by atoms with Gasteiger partial charge in [-0.05, 0) is 54.7 Å². The maximum atomic E-state index is 12.1. The van der Waals surface area contributed by atoms with E-state index in [0.29, 0.717) is 18.9 Å². The molecule has 1 amide bonds. The van der Waals surface area contributed by atoms with Gasteiger partial charge in [0.15, 0.2) is 0 Å². The van der Waals surface area contributed by atoms with E-state index in [4.69, 9.17) is 0 Å². The lowest BCUT2D eigenvalue weighted by atomic mass is 10.0. The number of anilines is 2. The zero-order valence-electron chi connectivity index (χ0n) is 14.4. The van der Waals surface area contributed by atoms with Crippen LogP contribution < -0.4 is 10.6 Å². The monoisotopic (exact) mass is 310 g/mol. The maximum Gasteiger partial charge on any atom is 0.226 e. The second-order valence-corrected chi connectivity index (χ2v) is 6.27. The molecule has 0 fully saturated rings. The Balaban J connectivity index is 1.87. The van der Waals surface area contributed by atoms with Crippen LogP contribution in [0, 0.1) is 13.8 Å². The van der Waals surface area contributed by atoms with Crippen LogP contribution in [0.3, 0.4) is 0 Å². The third-order valence-corrected chi connectivity index (χ3v) is 4.04. The molecule has 0 heterocycles. The topological polar surface area (TPSA) is 41.1 Å². The quantitative estimate of drug-likeness (QED) is 0.799. The molecular weight excluding hydrogens is 284 g/mol. The molecule has 0 aromatic heterocycles. The van der Waals surface area contributed by atoms with Gasteiger partial charge < -0.3 is 10.6 Å². The molecule has 0 aliphatic rings. The molecule has 0 spiro atoms. The van der Waals surface area contributed by atoms with Crippen molar-refractivity contribution >= 4 is 17.3 Å². The molecule has 3 nitrogen and oxygen atoms in total. The van der Waals surface area contributed by atoms with Crippen molar-refractivity contribution < 1.29 is 4.79 Å². The van der Waals surface area contributed by atoms with Crippen molar-refractivity contribution in [2.24, 2.45) is 0 Å². The van der Waals surface area contributed by atoms with Crippen molar-refractivity contribution in [1.82, 2.24) is 0 Å². The summed E-state index contributed by atoms with van der Waals surface area (Å²) in [5.41, 5.74) is 5.68. The number of nitrogens with one attached hydrogen (secondary N) is 2. The summed E-state index contributed by atoms with van der Waals surface area (Å²) in [5.74, 6) is 0.426. The Kier molecular flexibility index (Phi) is 5.80. The molecular formula is C20H26N2O. The van der Waals surface area contributed by atoms with Crippen LogP contribution in [0.2, 0.25) is 0 Å². The van der Waals surface area contributed by atoms with Gasteiger partial charge in [0.25, 0.3) is 0 Å². The minimum atomic E-state index is 0.0365. The van der Waals surface area contributed by atoms with Gasteiger partial charge in [0.2, 0.25) is 5.91 Å². The maximum absolute atomic E-state index is 12.1. The highest BCUT2D eigenvalue weighted by atomic mass is 16.1. The van der Waals surface area contributed by atoms with Crippen molar-refractivity contribution in [1.29, 1.82) is 0 Å². The predicted octanol–water partition coefficient (Wildman–Crippen LogP) is 4.87. The largest absolute Gasteiger partial charge is 0.385 e. The minimum absolute atomic E-state index is 0.0365. The standard InChI is InChI=1S/C20H26N2O/c1-14(2)18-7-5-6-8-19(18)22-20(23)11-12-21-17-10-9-15(3)16(4)13-17/h5-10,13-14,21H,11-12H2,1-4H3,(H,22,23). The number of para-hydroxylation sites is 1. The van der Waals surface area contributed by atoms with E-state index in [0.717, 1.165) is 11.4 Å². The highest BCUT2D eigenvalue weighted by molar-refractivity contribution is 5.91. The van der Waals surface area contributed by atoms with E-state index in [-0.39, 0.29) is 5.91 Å². The fourth-order valence-electron chi connectivity index (χ4n) is 2.50. The number of benzene rings is 2. The highest BCUT2D eigenvalue weighted by Gasteiger charge is 2.08. The summed E-state index contributed by atoms with van der Waals surface area (Å²) in [6.45, 7) is 9.07. The summed E-state index contributed by atoms with van der Waals surface area (Å²) < 4.78 is 0. The third kappa shape index (κ3) is 4.85. The van der Waals surface area contributed by atoms with E-state index in [1.807, 2.05) is 24.3 Å². The summed E-state index contributed by atoms with van der Waals surface area (Å²) >= 11 is 0. The molecule has 0 unspecified atom stereocenters. The Labute approximate surface area is 139 Å². The Morgan fingerprint density at radius 2 is 1.78 bits per heavy atom. The summed E-state index contributed by atoms with van der Waals surface area (Å²) in [6, 6.07) is 14.2. The molecule has 122 valence electrons. The van der Waals surface area contributed by atoms with Crippen molar-refractivity contribution in [3.8, 4) is 0 Å². The molecule has 2 rings (SSSR count). The fraction of sp³-hybridized carbons (Fsp3) is 0.350. The van der Waals surface area contributed by atoms with Gasteiger partial charge in [-0.1, -0.05) is 38.1 Å². The first kappa shape index (κ1) is 17.1. The van der Waals surface area contributed by atoms with Crippen LogP contribution in [0.4, 0.5) is 11.4 Å². The Morgan fingerprint density at radius 3 is 2.48 bits per heavy atom. The number of carbonyl (C=O) groups is 1.